The smallest absolute Gasteiger partial charge is 0.214 e. The van der Waals surface area contributed by atoms with Gasteiger partial charge in [0.2, 0.25) is 10.0 Å². The van der Waals surface area contributed by atoms with Gasteiger partial charge in [0.05, 0.1) is 30.7 Å². The molecule has 31 heavy (non-hydrogen) atoms. The Hall–Kier alpha value is -0.510. The number of hydrogen-bond donors (Lipinski definition) is 2. The fourth-order valence-electron chi connectivity index (χ4n) is 5.78. The van der Waals surface area contributed by atoms with E-state index in [1.807, 2.05) is 6.08 Å². The quantitative estimate of drug-likeness (QED) is 0.517. The van der Waals surface area contributed by atoms with Crippen molar-refractivity contribution in [2.24, 2.45) is 11.8 Å². The van der Waals surface area contributed by atoms with Crippen molar-refractivity contribution in [1.82, 2.24) is 4.72 Å². The molecule has 8 heteroatoms. The Morgan fingerprint density at radius 1 is 1.06 bits per heavy atom. The van der Waals surface area contributed by atoms with E-state index in [0.29, 0.717) is 31.8 Å². The lowest BCUT2D eigenvalue weighted by molar-refractivity contribution is -0.0943. The molecular weight excluding hydrogens is 418 g/mol. The standard InChI is InChI=1S/C23H39NO6S/c1-2-16-9-6-10-19(11-16)31(26,27)24-13-18-12-20-23(29-18)22(21(14-25)30-20)28-15-17-7-4-3-5-8-17/h2,16-25H,1,3-15H2/t16?,18-,19?,20-,21+,22+,23+/m0/s1. The fraction of sp³-hybridized carbons (Fsp3) is 0.913. The second-order valence-electron chi connectivity index (χ2n) is 9.83. The summed E-state index contributed by atoms with van der Waals surface area (Å²) < 4.78 is 46.8. The molecule has 0 aromatic rings. The summed E-state index contributed by atoms with van der Waals surface area (Å²) in [6, 6.07) is 0. The lowest BCUT2D eigenvalue weighted by atomic mass is 9.89. The van der Waals surface area contributed by atoms with Crippen LogP contribution in [-0.2, 0) is 24.2 Å². The maximum Gasteiger partial charge on any atom is 0.214 e. The Balaban J connectivity index is 1.28. The fourth-order valence-corrected chi connectivity index (χ4v) is 7.41. The maximum absolute atomic E-state index is 12.8. The largest absolute Gasteiger partial charge is 0.394 e. The van der Waals surface area contributed by atoms with Gasteiger partial charge in [-0.05, 0) is 43.9 Å². The molecule has 4 rings (SSSR count). The molecule has 2 saturated carbocycles. The van der Waals surface area contributed by atoms with Crippen LogP contribution in [0.25, 0.3) is 0 Å². The molecule has 2 heterocycles. The van der Waals surface area contributed by atoms with Crippen LogP contribution in [-0.4, -0.2) is 69.1 Å². The number of rotatable bonds is 9. The summed E-state index contributed by atoms with van der Waals surface area (Å²) in [5.41, 5.74) is 0. The Labute approximate surface area is 187 Å². The summed E-state index contributed by atoms with van der Waals surface area (Å²) in [6.07, 6.45) is 10.7. The number of aliphatic hydroxyl groups is 1. The van der Waals surface area contributed by atoms with Gasteiger partial charge in [-0.3, -0.25) is 0 Å². The van der Waals surface area contributed by atoms with E-state index in [9.17, 15) is 13.5 Å². The molecule has 2 aliphatic heterocycles. The number of fused-ring (bicyclic) bond motifs is 1. The third-order valence-electron chi connectivity index (χ3n) is 7.63. The first kappa shape index (κ1) is 23.6. The van der Waals surface area contributed by atoms with Gasteiger partial charge in [-0.2, -0.15) is 0 Å². The van der Waals surface area contributed by atoms with Gasteiger partial charge in [0.15, 0.2) is 0 Å². The molecule has 4 fully saturated rings. The first-order chi connectivity index (χ1) is 15.0. The average Bonchev–Trinajstić information content (AvgIpc) is 3.34. The van der Waals surface area contributed by atoms with E-state index in [4.69, 9.17) is 14.2 Å². The molecule has 2 aliphatic carbocycles. The number of sulfonamides is 1. The Morgan fingerprint density at radius 3 is 2.61 bits per heavy atom. The molecule has 4 aliphatic rings. The summed E-state index contributed by atoms with van der Waals surface area (Å²) >= 11 is 0. The summed E-state index contributed by atoms with van der Waals surface area (Å²) in [4.78, 5) is 0. The number of allylic oxidation sites excluding steroid dienone is 1. The van der Waals surface area contributed by atoms with E-state index < -0.39 is 10.0 Å². The van der Waals surface area contributed by atoms with Crippen molar-refractivity contribution in [3.63, 3.8) is 0 Å². The van der Waals surface area contributed by atoms with Gasteiger partial charge >= 0.3 is 0 Å². The molecule has 2 saturated heterocycles. The first-order valence-electron chi connectivity index (χ1n) is 12.1. The van der Waals surface area contributed by atoms with Crippen LogP contribution < -0.4 is 4.72 Å². The van der Waals surface area contributed by atoms with Crippen LogP contribution >= 0.6 is 0 Å². The molecule has 0 amide bonds. The normalized spacial score (nSPS) is 39.5. The zero-order valence-electron chi connectivity index (χ0n) is 18.5. The second kappa shape index (κ2) is 10.6. The van der Waals surface area contributed by atoms with E-state index in [1.165, 1.54) is 32.1 Å². The molecule has 178 valence electrons. The highest BCUT2D eigenvalue weighted by Gasteiger charge is 2.51. The number of ether oxygens (including phenoxy) is 3. The SMILES string of the molecule is C=CC1CCCC(S(=O)(=O)NC[C@@H]2C[C@@H]3O[C@H](CO)[C@@H](OCC4CCCCC4)[C@@H]3O2)C1. The summed E-state index contributed by atoms with van der Waals surface area (Å²) in [5.74, 6) is 0.856. The molecule has 7 nitrogen and oxygen atoms in total. The highest BCUT2D eigenvalue weighted by atomic mass is 32.2. The van der Waals surface area contributed by atoms with Crippen LogP contribution in [0.5, 0.6) is 0 Å². The lowest BCUT2D eigenvalue weighted by Gasteiger charge is -2.28. The minimum Gasteiger partial charge on any atom is -0.394 e. The first-order valence-corrected chi connectivity index (χ1v) is 13.7. The number of hydrogen-bond acceptors (Lipinski definition) is 6. The zero-order chi connectivity index (χ0) is 21.8. The number of nitrogens with one attached hydrogen (secondary N) is 1. The second-order valence-corrected chi connectivity index (χ2v) is 11.9. The van der Waals surface area contributed by atoms with Crippen molar-refractivity contribution >= 4 is 10.0 Å². The van der Waals surface area contributed by atoms with E-state index in [2.05, 4.69) is 11.3 Å². The Bertz CT molecular complexity index is 694. The Morgan fingerprint density at radius 2 is 1.87 bits per heavy atom. The van der Waals surface area contributed by atoms with E-state index >= 15 is 0 Å². The van der Waals surface area contributed by atoms with Crippen LogP contribution in [0, 0.1) is 11.8 Å². The third-order valence-corrected chi connectivity index (χ3v) is 9.51. The van der Waals surface area contributed by atoms with Crippen molar-refractivity contribution < 1.29 is 27.7 Å². The lowest BCUT2D eigenvalue weighted by Crippen LogP contribution is -2.42. The molecule has 0 bridgehead atoms. The molecule has 2 N–H and O–H groups in total. The maximum atomic E-state index is 12.8. The van der Waals surface area contributed by atoms with Crippen molar-refractivity contribution in [2.75, 3.05) is 19.8 Å². The zero-order valence-corrected chi connectivity index (χ0v) is 19.3. The molecule has 0 spiro atoms. The van der Waals surface area contributed by atoms with Crippen molar-refractivity contribution in [3.8, 4) is 0 Å². The molecule has 0 aromatic heterocycles. The topological polar surface area (TPSA) is 94.1 Å². The van der Waals surface area contributed by atoms with Crippen molar-refractivity contribution in [3.05, 3.63) is 12.7 Å². The predicted molar refractivity (Wildman–Crippen MR) is 118 cm³/mol. The highest BCUT2D eigenvalue weighted by Crippen LogP contribution is 2.37. The summed E-state index contributed by atoms with van der Waals surface area (Å²) in [5, 5.41) is 9.38. The van der Waals surface area contributed by atoms with E-state index in [-0.39, 0.29) is 54.8 Å². The van der Waals surface area contributed by atoms with Crippen LogP contribution in [0.4, 0.5) is 0 Å². The van der Waals surface area contributed by atoms with Crippen LogP contribution in [0.15, 0.2) is 12.7 Å². The number of aliphatic hydroxyl groups excluding tert-OH is 1. The van der Waals surface area contributed by atoms with Gasteiger partial charge in [0.1, 0.15) is 18.3 Å². The van der Waals surface area contributed by atoms with Crippen LogP contribution in [0.3, 0.4) is 0 Å². The molecule has 7 atom stereocenters. The highest BCUT2D eigenvalue weighted by molar-refractivity contribution is 7.90. The average molecular weight is 458 g/mol. The van der Waals surface area contributed by atoms with Gasteiger partial charge in [0, 0.05) is 13.0 Å². The summed E-state index contributed by atoms with van der Waals surface area (Å²) in [7, 11) is -3.38. The van der Waals surface area contributed by atoms with Crippen LogP contribution in [0.2, 0.25) is 0 Å². The van der Waals surface area contributed by atoms with Gasteiger partial charge in [-0.25, -0.2) is 13.1 Å². The van der Waals surface area contributed by atoms with Crippen LogP contribution in [0.1, 0.15) is 64.2 Å². The van der Waals surface area contributed by atoms with Gasteiger partial charge < -0.3 is 19.3 Å². The molecule has 2 unspecified atom stereocenters. The summed E-state index contributed by atoms with van der Waals surface area (Å²) in [6.45, 7) is 4.68. The van der Waals surface area contributed by atoms with Crippen molar-refractivity contribution in [1.29, 1.82) is 0 Å². The molecule has 0 aromatic carbocycles. The minimum atomic E-state index is -3.38. The van der Waals surface area contributed by atoms with Gasteiger partial charge in [-0.15, -0.1) is 6.58 Å². The minimum absolute atomic E-state index is 0.0882. The monoisotopic (exact) mass is 457 g/mol. The van der Waals surface area contributed by atoms with Gasteiger partial charge in [-0.1, -0.05) is 31.8 Å². The van der Waals surface area contributed by atoms with E-state index in [1.54, 1.807) is 0 Å². The van der Waals surface area contributed by atoms with E-state index in [0.717, 1.165) is 12.8 Å². The molecule has 0 radical (unpaired) electrons. The van der Waals surface area contributed by atoms with Crippen molar-refractivity contribution in [2.45, 2.75) is 100.0 Å². The molecular formula is C23H39NO6S. The third kappa shape index (κ3) is 5.71. The van der Waals surface area contributed by atoms with Gasteiger partial charge in [0.25, 0.3) is 0 Å². The predicted octanol–water partition coefficient (Wildman–Crippen LogP) is 2.53. The Kier molecular flexibility index (Phi) is 8.09.